The number of hydrogen-bond acceptors (Lipinski definition) is 0. The van der Waals surface area contributed by atoms with Crippen molar-refractivity contribution in [2.24, 2.45) is 17.8 Å². The molecule has 1 aromatic rings. The summed E-state index contributed by atoms with van der Waals surface area (Å²) < 4.78 is 13.0. The number of benzene rings is 1. The van der Waals surface area contributed by atoms with Gasteiger partial charge in [-0.2, -0.15) is 0 Å². The summed E-state index contributed by atoms with van der Waals surface area (Å²) in [4.78, 5) is 0. The van der Waals surface area contributed by atoms with Gasteiger partial charge in [-0.25, -0.2) is 4.39 Å². The molecule has 0 saturated heterocycles. The van der Waals surface area contributed by atoms with Crippen LogP contribution in [0.4, 0.5) is 4.39 Å². The lowest BCUT2D eigenvalue weighted by molar-refractivity contribution is 0.159. The predicted molar refractivity (Wildman–Crippen MR) is 86.8 cm³/mol. The maximum absolute atomic E-state index is 13.0. The standard InChI is InChI=1S/C20H29F/c1-2-15-13-17(14-15)4-3-16-5-7-18(8-6-16)19-9-11-20(21)12-10-19/h9-12,15-18H,2-8,13-14H2,1H3. The summed E-state index contributed by atoms with van der Waals surface area (Å²) in [6.07, 6.45) is 12.7. The van der Waals surface area contributed by atoms with E-state index in [9.17, 15) is 4.39 Å². The van der Waals surface area contributed by atoms with Gasteiger partial charge in [-0.3, -0.25) is 0 Å². The van der Waals surface area contributed by atoms with Crippen LogP contribution in [0.1, 0.15) is 76.2 Å². The molecule has 0 aliphatic heterocycles. The molecule has 0 heterocycles. The van der Waals surface area contributed by atoms with Crippen molar-refractivity contribution in [1.82, 2.24) is 0 Å². The van der Waals surface area contributed by atoms with E-state index < -0.39 is 0 Å². The highest BCUT2D eigenvalue weighted by Gasteiger charge is 2.29. The van der Waals surface area contributed by atoms with Crippen LogP contribution in [0.5, 0.6) is 0 Å². The Kier molecular flexibility index (Phi) is 4.98. The molecule has 0 N–H and O–H groups in total. The minimum absolute atomic E-state index is 0.113. The molecular weight excluding hydrogens is 259 g/mol. The zero-order valence-electron chi connectivity index (χ0n) is 13.4. The molecule has 0 bridgehead atoms. The summed E-state index contributed by atoms with van der Waals surface area (Å²) in [5, 5.41) is 0. The lowest BCUT2D eigenvalue weighted by Crippen LogP contribution is -2.24. The highest BCUT2D eigenvalue weighted by Crippen LogP contribution is 2.42. The molecule has 1 aromatic carbocycles. The van der Waals surface area contributed by atoms with Crippen LogP contribution in [0.2, 0.25) is 0 Å². The third-order valence-electron chi connectivity index (χ3n) is 6.08. The summed E-state index contributed by atoms with van der Waals surface area (Å²) in [6, 6.07) is 7.20. The van der Waals surface area contributed by atoms with E-state index in [1.165, 1.54) is 63.4 Å². The van der Waals surface area contributed by atoms with Crippen molar-refractivity contribution in [3.8, 4) is 0 Å². The molecule has 116 valence electrons. The fraction of sp³-hybridized carbons (Fsp3) is 0.700. The summed E-state index contributed by atoms with van der Waals surface area (Å²) in [5.41, 5.74) is 1.35. The molecule has 21 heavy (non-hydrogen) atoms. The van der Waals surface area contributed by atoms with Gasteiger partial charge in [-0.15, -0.1) is 0 Å². The normalized spacial score (nSPS) is 32.7. The Balaban J connectivity index is 1.38. The van der Waals surface area contributed by atoms with Gasteiger partial charge in [0.1, 0.15) is 5.82 Å². The minimum atomic E-state index is -0.113. The predicted octanol–water partition coefficient (Wildman–Crippen LogP) is 6.32. The maximum atomic E-state index is 13.0. The van der Waals surface area contributed by atoms with E-state index in [0.29, 0.717) is 5.92 Å². The average Bonchev–Trinajstić information content (AvgIpc) is 2.47. The van der Waals surface area contributed by atoms with Crippen LogP contribution in [0.25, 0.3) is 0 Å². The highest BCUT2D eigenvalue weighted by atomic mass is 19.1. The number of rotatable bonds is 5. The molecule has 2 aliphatic carbocycles. The van der Waals surface area contributed by atoms with Gasteiger partial charge < -0.3 is 0 Å². The molecule has 0 unspecified atom stereocenters. The fourth-order valence-electron chi connectivity index (χ4n) is 4.43. The quantitative estimate of drug-likeness (QED) is 0.595. The molecule has 1 heteroatoms. The molecule has 0 atom stereocenters. The third-order valence-corrected chi connectivity index (χ3v) is 6.08. The van der Waals surface area contributed by atoms with Gasteiger partial charge in [0.2, 0.25) is 0 Å². The Morgan fingerprint density at radius 2 is 1.48 bits per heavy atom. The Morgan fingerprint density at radius 1 is 0.857 bits per heavy atom. The van der Waals surface area contributed by atoms with Gasteiger partial charge in [-0.05, 0) is 79.9 Å². The van der Waals surface area contributed by atoms with E-state index in [1.807, 2.05) is 12.1 Å². The van der Waals surface area contributed by atoms with Crippen LogP contribution in [0.15, 0.2) is 24.3 Å². The molecule has 2 saturated carbocycles. The van der Waals surface area contributed by atoms with Crippen LogP contribution in [0, 0.1) is 23.6 Å². The van der Waals surface area contributed by atoms with E-state index in [2.05, 4.69) is 6.92 Å². The Morgan fingerprint density at radius 3 is 2.10 bits per heavy atom. The lowest BCUT2D eigenvalue weighted by atomic mass is 9.69. The van der Waals surface area contributed by atoms with Crippen molar-refractivity contribution in [2.45, 2.75) is 70.6 Å². The van der Waals surface area contributed by atoms with Gasteiger partial charge in [0.05, 0.1) is 0 Å². The van der Waals surface area contributed by atoms with Crippen molar-refractivity contribution in [2.75, 3.05) is 0 Å². The Hall–Kier alpha value is -0.850. The second-order valence-corrected chi connectivity index (χ2v) is 7.46. The smallest absolute Gasteiger partial charge is 0.123 e. The first kappa shape index (κ1) is 15.1. The molecular formula is C20H29F. The monoisotopic (exact) mass is 288 g/mol. The summed E-state index contributed by atoms with van der Waals surface area (Å²) in [6.45, 7) is 2.33. The van der Waals surface area contributed by atoms with Crippen LogP contribution < -0.4 is 0 Å². The first-order valence-corrected chi connectivity index (χ1v) is 9.00. The summed E-state index contributed by atoms with van der Waals surface area (Å²) in [7, 11) is 0. The SMILES string of the molecule is CCC1CC(CCC2CCC(c3ccc(F)cc3)CC2)C1. The van der Waals surface area contributed by atoms with Crippen molar-refractivity contribution in [3.63, 3.8) is 0 Å². The van der Waals surface area contributed by atoms with Gasteiger partial charge in [0.15, 0.2) is 0 Å². The molecule has 0 spiro atoms. The third kappa shape index (κ3) is 3.87. The maximum Gasteiger partial charge on any atom is 0.123 e. The van der Waals surface area contributed by atoms with E-state index in [4.69, 9.17) is 0 Å². The van der Waals surface area contributed by atoms with Gasteiger partial charge in [-0.1, -0.05) is 38.3 Å². The number of hydrogen-bond donors (Lipinski definition) is 0. The molecule has 2 fully saturated rings. The summed E-state index contributed by atoms with van der Waals surface area (Å²) in [5.74, 6) is 3.62. The van der Waals surface area contributed by atoms with Gasteiger partial charge in [0, 0.05) is 0 Å². The van der Waals surface area contributed by atoms with E-state index in [1.54, 1.807) is 12.1 Å². The Labute approximate surface area is 129 Å². The van der Waals surface area contributed by atoms with Crippen LogP contribution in [-0.4, -0.2) is 0 Å². The van der Waals surface area contributed by atoms with Gasteiger partial charge >= 0.3 is 0 Å². The molecule has 0 nitrogen and oxygen atoms in total. The highest BCUT2D eigenvalue weighted by molar-refractivity contribution is 5.20. The number of halogens is 1. The fourth-order valence-corrected chi connectivity index (χ4v) is 4.43. The zero-order chi connectivity index (χ0) is 14.7. The lowest BCUT2D eigenvalue weighted by Gasteiger charge is -2.36. The molecule has 0 radical (unpaired) electrons. The molecule has 2 aliphatic rings. The van der Waals surface area contributed by atoms with Crippen molar-refractivity contribution in [3.05, 3.63) is 35.6 Å². The van der Waals surface area contributed by atoms with E-state index >= 15 is 0 Å². The summed E-state index contributed by atoms with van der Waals surface area (Å²) >= 11 is 0. The van der Waals surface area contributed by atoms with Crippen LogP contribution in [-0.2, 0) is 0 Å². The van der Waals surface area contributed by atoms with Gasteiger partial charge in [0.25, 0.3) is 0 Å². The first-order valence-electron chi connectivity index (χ1n) is 9.00. The van der Waals surface area contributed by atoms with E-state index in [0.717, 1.165) is 17.8 Å². The van der Waals surface area contributed by atoms with E-state index in [-0.39, 0.29) is 5.82 Å². The molecule has 0 amide bonds. The largest absolute Gasteiger partial charge is 0.207 e. The van der Waals surface area contributed by atoms with Crippen molar-refractivity contribution in [1.29, 1.82) is 0 Å². The van der Waals surface area contributed by atoms with Crippen LogP contribution >= 0.6 is 0 Å². The van der Waals surface area contributed by atoms with Crippen LogP contribution in [0.3, 0.4) is 0 Å². The first-order chi connectivity index (χ1) is 10.2. The average molecular weight is 288 g/mol. The molecule has 0 aromatic heterocycles. The zero-order valence-corrected chi connectivity index (χ0v) is 13.4. The topological polar surface area (TPSA) is 0 Å². The Bertz CT molecular complexity index is 422. The van der Waals surface area contributed by atoms with Crippen molar-refractivity contribution >= 4 is 0 Å². The molecule has 3 rings (SSSR count). The second-order valence-electron chi connectivity index (χ2n) is 7.46. The van der Waals surface area contributed by atoms with Crippen molar-refractivity contribution < 1.29 is 4.39 Å². The second kappa shape index (κ2) is 6.94. The minimum Gasteiger partial charge on any atom is -0.207 e.